The summed E-state index contributed by atoms with van der Waals surface area (Å²) in [6.45, 7) is 0.347. The monoisotopic (exact) mass is 301 g/mol. The summed E-state index contributed by atoms with van der Waals surface area (Å²) in [5, 5.41) is 8.73. The Hall–Kier alpha value is -2.23. The Morgan fingerprint density at radius 3 is 2.48 bits per heavy atom. The average molecular weight is 301 g/mol. The van der Waals surface area contributed by atoms with Crippen molar-refractivity contribution in [3.05, 3.63) is 59.9 Å². The molecule has 0 unspecified atom stereocenters. The van der Waals surface area contributed by atoms with Crippen molar-refractivity contribution in [1.29, 1.82) is 5.26 Å². The Balaban J connectivity index is 2.09. The van der Waals surface area contributed by atoms with Crippen LogP contribution in [0, 0.1) is 11.3 Å². The Labute approximate surface area is 124 Å². The van der Waals surface area contributed by atoms with Crippen LogP contribution in [0.3, 0.4) is 0 Å². The van der Waals surface area contributed by atoms with Crippen molar-refractivity contribution in [2.24, 2.45) is 0 Å². The molecule has 0 aliphatic carbocycles. The second-order valence-electron chi connectivity index (χ2n) is 4.53. The molecule has 5 nitrogen and oxygen atoms in total. The molecule has 0 bridgehead atoms. The summed E-state index contributed by atoms with van der Waals surface area (Å²) < 4.78 is 26.0. The molecule has 0 radical (unpaired) electrons. The van der Waals surface area contributed by atoms with Crippen molar-refractivity contribution < 1.29 is 8.42 Å². The first-order valence-electron chi connectivity index (χ1n) is 6.40. The molecule has 0 saturated carbocycles. The third-order valence-electron chi connectivity index (χ3n) is 3.10. The van der Waals surface area contributed by atoms with Gasteiger partial charge in [-0.25, -0.2) is 12.7 Å². The molecule has 0 atom stereocenters. The summed E-state index contributed by atoms with van der Waals surface area (Å²) in [7, 11) is -2.00. The topological polar surface area (TPSA) is 74.1 Å². The zero-order chi connectivity index (χ0) is 15.3. The number of rotatable bonds is 5. The van der Waals surface area contributed by atoms with E-state index in [0.717, 1.165) is 5.69 Å². The van der Waals surface area contributed by atoms with Crippen molar-refractivity contribution in [2.45, 2.75) is 11.3 Å². The SMILES string of the molecule is CN(CCc1ccccn1)S(=O)(=O)c1ccc(C#N)cc1. The van der Waals surface area contributed by atoms with E-state index in [1.54, 1.807) is 6.20 Å². The van der Waals surface area contributed by atoms with Crippen molar-refractivity contribution in [3.63, 3.8) is 0 Å². The molecule has 108 valence electrons. The molecule has 0 aliphatic rings. The van der Waals surface area contributed by atoms with Gasteiger partial charge in [0.15, 0.2) is 0 Å². The maximum atomic E-state index is 12.4. The molecule has 2 rings (SSSR count). The van der Waals surface area contributed by atoms with E-state index in [2.05, 4.69) is 4.98 Å². The highest BCUT2D eigenvalue weighted by molar-refractivity contribution is 7.89. The zero-order valence-corrected chi connectivity index (χ0v) is 12.4. The number of likely N-dealkylation sites (N-methyl/N-ethyl adjacent to an activating group) is 1. The van der Waals surface area contributed by atoms with Gasteiger partial charge < -0.3 is 0 Å². The number of hydrogen-bond donors (Lipinski definition) is 0. The molecule has 0 fully saturated rings. The molecule has 1 heterocycles. The summed E-state index contributed by atoms with van der Waals surface area (Å²) in [5.74, 6) is 0. The molecule has 0 saturated heterocycles. The lowest BCUT2D eigenvalue weighted by atomic mass is 10.2. The minimum atomic E-state index is -3.54. The maximum Gasteiger partial charge on any atom is 0.242 e. The highest BCUT2D eigenvalue weighted by atomic mass is 32.2. The minimum Gasteiger partial charge on any atom is -0.261 e. The molecule has 6 heteroatoms. The standard InChI is InChI=1S/C15H15N3O2S/c1-18(11-9-14-4-2-3-10-17-14)21(19,20)15-7-5-13(12-16)6-8-15/h2-8,10H,9,11H2,1H3. The number of benzene rings is 1. The molecule has 1 aromatic heterocycles. The van der Waals surface area contributed by atoms with Gasteiger partial charge in [-0.2, -0.15) is 5.26 Å². The average Bonchev–Trinajstić information content (AvgIpc) is 2.53. The molecule has 0 amide bonds. The van der Waals surface area contributed by atoms with Crippen LogP contribution < -0.4 is 0 Å². The van der Waals surface area contributed by atoms with Gasteiger partial charge in [-0.3, -0.25) is 4.98 Å². The van der Waals surface area contributed by atoms with Gasteiger partial charge in [-0.1, -0.05) is 6.07 Å². The molecule has 0 aliphatic heterocycles. The lowest BCUT2D eigenvalue weighted by Crippen LogP contribution is -2.29. The molecule has 21 heavy (non-hydrogen) atoms. The van der Waals surface area contributed by atoms with E-state index in [-0.39, 0.29) is 4.90 Å². The summed E-state index contributed by atoms with van der Waals surface area (Å²) in [5.41, 5.74) is 1.28. The first kappa shape index (κ1) is 15.2. The first-order chi connectivity index (χ1) is 10.0. The maximum absolute atomic E-state index is 12.4. The summed E-state index contributed by atoms with van der Waals surface area (Å²) in [4.78, 5) is 4.36. The van der Waals surface area contributed by atoms with E-state index in [4.69, 9.17) is 5.26 Å². The second kappa shape index (κ2) is 6.48. The van der Waals surface area contributed by atoms with Crippen molar-refractivity contribution in [2.75, 3.05) is 13.6 Å². The molecular weight excluding hydrogens is 286 g/mol. The lowest BCUT2D eigenvalue weighted by Gasteiger charge is -2.17. The molecular formula is C15H15N3O2S. The number of nitrogens with zero attached hydrogens (tertiary/aromatic N) is 3. The van der Waals surface area contributed by atoms with Crippen LogP contribution in [0.4, 0.5) is 0 Å². The Bertz CT molecular complexity index is 735. The van der Waals surface area contributed by atoms with Gasteiger partial charge in [0, 0.05) is 31.9 Å². The Morgan fingerprint density at radius 2 is 1.90 bits per heavy atom. The largest absolute Gasteiger partial charge is 0.261 e. The van der Waals surface area contributed by atoms with E-state index in [0.29, 0.717) is 18.5 Å². The van der Waals surface area contributed by atoms with E-state index in [9.17, 15) is 8.42 Å². The highest BCUT2D eigenvalue weighted by Crippen LogP contribution is 2.15. The van der Waals surface area contributed by atoms with Gasteiger partial charge in [-0.05, 0) is 36.4 Å². The third kappa shape index (κ3) is 3.66. The van der Waals surface area contributed by atoms with Crippen molar-refractivity contribution >= 4 is 10.0 Å². The predicted octanol–water partition coefficient (Wildman–Crippen LogP) is 1.82. The number of pyridine rings is 1. The van der Waals surface area contributed by atoms with E-state index >= 15 is 0 Å². The molecule has 1 aromatic carbocycles. The quantitative estimate of drug-likeness (QED) is 0.844. The smallest absolute Gasteiger partial charge is 0.242 e. The van der Waals surface area contributed by atoms with Crippen LogP contribution in [-0.2, 0) is 16.4 Å². The fourth-order valence-electron chi connectivity index (χ4n) is 1.82. The number of sulfonamides is 1. The highest BCUT2D eigenvalue weighted by Gasteiger charge is 2.20. The number of hydrogen-bond acceptors (Lipinski definition) is 4. The van der Waals surface area contributed by atoms with Crippen LogP contribution >= 0.6 is 0 Å². The number of nitriles is 1. The summed E-state index contributed by atoms with van der Waals surface area (Å²) in [6, 6.07) is 13.4. The van der Waals surface area contributed by atoms with Crippen LogP contribution in [-0.4, -0.2) is 31.3 Å². The van der Waals surface area contributed by atoms with E-state index < -0.39 is 10.0 Å². The van der Waals surface area contributed by atoms with E-state index in [1.165, 1.54) is 35.6 Å². The van der Waals surface area contributed by atoms with E-state index in [1.807, 2.05) is 24.3 Å². The van der Waals surface area contributed by atoms with Gasteiger partial charge in [-0.15, -0.1) is 0 Å². The Morgan fingerprint density at radius 1 is 1.19 bits per heavy atom. The fourth-order valence-corrected chi connectivity index (χ4v) is 2.99. The van der Waals surface area contributed by atoms with Gasteiger partial charge in [0.1, 0.15) is 0 Å². The van der Waals surface area contributed by atoms with Crippen LogP contribution in [0.5, 0.6) is 0 Å². The van der Waals surface area contributed by atoms with Gasteiger partial charge in [0.05, 0.1) is 16.5 Å². The van der Waals surface area contributed by atoms with Gasteiger partial charge in [0.2, 0.25) is 10.0 Å². The van der Waals surface area contributed by atoms with Crippen LogP contribution in [0.1, 0.15) is 11.3 Å². The molecule has 0 N–H and O–H groups in total. The minimum absolute atomic E-state index is 0.185. The second-order valence-corrected chi connectivity index (χ2v) is 6.58. The molecule has 0 spiro atoms. The lowest BCUT2D eigenvalue weighted by molar-refractivity contribution is 0.471. The zero-order valence-electron chi connectivity index (χ0n) is 11.6. The van der Waals surface area contributed by atoms with Gasteiger partial charge in [0.25, 0.3) is 0 Å². The van der Waals surface area contributed by atoms with Crippen LogP contribution in [0.25, 0.3) is 0 Å². The number of aromatic nitrogens is 1. The summed E-state index contributed by atoms with van der Waals surface area (Å²) in [6.07, 6.45) is 2.23. The summed E-state index contributed by atoms with van der Waals surface area (Å²) >= 11 is 0. The normalized spacial score (nSPS) is 11.3. The molecule has 2 aromatic rings. The van der Waals surface area contributed by atoms with Gasteiger partial charge >= 0.3 is 0 Å². The third-order valence-corrected chi connectivity index (χ3v) is 4.97. The van der Waals surface area contributed by atoms with Crippen LogP contribution in [0.15, 0.2) is 53.6 Å². The fraction of sp³-hybridized carbons (Fsp3) is 0.200. The predicted molar refractivity (Wildman–Crippen MR) is 78.9 cm³/mol. The van der Waals surface area contributed by atoms with Crippen molar-refractivity contribution in [1.82, 2.24) is 9.29 Å². The van der Waals surface area contributed by atoms with Crippen LogP contribution in [0.2, 0.25) is 0 Å². The first-order valence-corrected chi connectivity index (χ1v) is 7.84. The van der Waals surface area contributed by atoms with Crippen molar-refractivity contribution in [3.8, 4) is 6.07 Å². The Kier molecular flexibility index (Phi) is 4.68.